The van der Waals surface area contributed by atoms with Gasteiger partial charge in [0.1, 0.15) is 6.04 Å². The van der Waals surface area contributed by atoms with Crippen LogP contribution >= 0.6 is 0 Å². The molecule has 0 aliphatic carbocycles. The minimum absolute atomic E-state index is 0.183. The van der Waals surface area contributed by atoms with Crippen LogP contribution in [-0.2, 0) is 19.6 Å². The fourth-order valence-corrected chi connectivity index (χ4v) is 4.71. The standard InChI is InChI=1S/C15H18F2N2O4S/c16-12-4-3-11(10-13(12)17)24(21,22)19-5-1-2-14(19)15(20)18-6-8-23-9-7-18/h3-4,10,14H,1-2,5-9H2/t14-/m1/s1. The number of morpholine rings is 1. The van der Waals surface area contributed by atoms with Crippen molar-refractivity contribution >= 4 is 15.9 Å². The van der Waals surface area contributed by atoms with Crippen LogP contribution in [0.4, 0.5) is 8.78 Å². The van der Waals surface area contributed by atoms with Crippen LogP contribution in [0.5, 0.6) is 0 Å². The lowest BCUT2D eigenvalue weighted by atomic mass is 10.2. The summed E-state index contributed by atoms with van der Waals surface area (Å²) in [6, 6.07) is 1.64. The molecule has 6 nitrogen and oxygen atoms in total. The van der Waals surface area contributed by atoms with Gasteiger partial charge in [0.05, 0.1) is 18.1 Å². The molecule has 2 fully saturated rings. The zero-order chi connectivity index (χ0) is 17.3. The normalized spacial score (nSPS) is 22.8. The number of hydrogen-bond acceptors (Lipinski definition) is 4. The van der Waals surface area contributed by atoms with E-state index in [9.17, 15) is 22.0 Å². The number of nitrogens with zero attached hydrogens (tertiary/aromatic N) is 2. The second kappa shape index (κ2) is 6.73. The number of ether oxygens (including phenoxy) is 1. The van der Waals surface area contributed by atoms with Gasteiger partial charge in [0.2, 0.25) is 15.9 Å². The van der Waals surface area contributed by atoms with Crippen molar-refractivity contribution < 1.29 is 26.7 Å². The molecule has 0 radical (unpaired) electrons. The van der Waals surface area contributed by atoms with Gasteiger partial charge in [0.25, 0.3) is 0 Å². The number of halogens is 2. The van der Waals surface area contributed by atoms with Gasteiger partial charge in [0, 0.05) is 19.6 Å². The average molecular weight is 360 g/mol. The van der Waals surface area contributed by atoms with Crippen molar-refractivity contribution in [3.05, 3.63) is 29.8 Å². The first kappa shape index (κ1) is 17.2. The second-order valence-electron chi connectivity index (χ2n) is 5.79. The highest BCUT2D eigenvalue weighted by molar-refractivity contribution is 7.89. The van der Waals surface area contributed by atoms with Crippen molar-refractivity contribution in [1.82, 2.24) is 9.21 Å². The van der Waals surface area contributed by atoms with Crippen LogP contribution in [0.3, 0.4) is 0 Å². The van der Waals surface area contributed by atoms with Gasteiger partial charge in [-0.25, -0.2) is 17.2 Å². The van der Waals surface area contributed by atoms with Gasteiger partial charge in [-0.2, -0.15) is 4.31 Å². The number of hydrogen-bond donors (Lipinski definition) is 0. The van der Waals surface area contributed by atoms with Gasteiger partial charge in [-0.05, 0) is 31.0 Å². The smallest absolute Gasteiger partial charge is 0.243 e. The van der Waals surface area contributed by atoms with Crippen molar-refractivity contribution in [3.8, 4) is 0 Å². The third-order valence-corrected chi connectivity index (χ3v) is 6.21. The van der Waals surface area contributed by atoms with E-state index in [0.29, 0.717) is 45.2 Å². The number of carbonyl (C=O) groups excluding carboxylic acids is 1. The van der Waals surface area contributed by atoms with Crippen molar-refractivity contribution in [1.29, 1.82) is 0 Å². The lowest BCUT2D eigenvalue weighted by Gasteiger charge is -2.32. The predicted molar refractivity (Wildman–Crippen MR) is 80.7 cm³/mol. The molecule has 0 bridgehead atoms. The molecule has 9 heteroatoms. The Hall–Kier alpha value is -1.58. The van der Waals surface area contributed by atoms with E-state index < -0.39 is 27.7 Å². The summed E-state index contributed by atoms with van der Waals surface area (Å²) in [5.41, 5.74) is 0. The Labute approximate surface area is 139 Å². The first-order valence-electron chi connectivity index (χ1n) is 7.74. The molecular formula is C15H18F2N2O4S. The van der Waals surface area contributed by atoms with E-state index in [0.717, 1.165) is 16.4 Å². The lowest BCUT2D eigenvalue weighted by Crippen LogP contribution is -2.50. The molecule has 2 heterocycles. The van der Waals surface area contributed by atoms with Gasteiger partial charge >= 0.3 is 0 Å². The Balaban J connectivity index is 1.85. The van der Waals surface area contributed by atoms with Crippen LogP contribution < -0.4 is 0 Å². The van der Waals surface area contributed by atoms with Gasteiger partial charge in [-0.1, -0.05) is 0 Å². The number of sulfonamides is 1. The van der Waals surface area contributed by atoms with E-state index in [4.69, 9.17) is 4.74 Å². The first-order valence-corrected chi connectivity index (χ1v) is 9.18. The largest absolute Gasteiger partial charge is 0.378 e. The van der Waals surface area contributed by atoms with Crippen molar-refractivity contribution in [2.24, 2.45) is 0 Å². The summed E-state index contributed by atoms with van der Waals surface area (Å²) in [5, 5.41) is 0. The summed E-state index contributed by atoms with van der Waals surface area (Å²) in [6.07, 6.45) is 0.961. The lowest BCUT2D eigenvalue weighted by molar-refractivity contribution is -0.138. The molecule has 132 valence electrons. The van der Waals surface area contributed by atoms with Gasteiger partial charge < -0.3 is 9.64 Å². The minimum atomic E-state index is -4.06. The van der Waals surface area contributed by atoms with Crippen molar-refractivity contribution in [2.75, 3.05) is 32.8 Å². The SMILES string of the molecule is O=C([C@H]1CCCN1S(=O)(=O)c1ccc(F)c(F)c1)N1CCOCC1. The van der Waals surface area contributed by atoms with Crippen molar-refractivity contribution in [2.45, 2.75) is 23.8 Å². The zero-order valence-electron chi connectivity index (χ0n) is 13.0. The third kappa shape index (κ3) is 3.15. The van der Waals surface area contributed by atoms with Crippen LogP contribution in [0.25, 0.3) is 0 Å². The Kier molecular flexibility index (Phi) is 4.84. The summed E-state index contributed by atoms with van der Waals surface area (Å²) in [4.78, 5) is 13.9. The molecule has 1 aromatic carbocycles. The molecule has 2 aliphatic heterocycles. The molecule has 2 aliphatic rings. The van der Waals surface area contributed by atoms with Gasteiger partial charge in [0.15, 0.2) is 11.6 Å². The molecular weight excluding hydrogens is 342 g/mol. The molecule has 1 atom stereocenters. The van der Waals surface area contributed by atoms with Crippen LogP contribution in [0, 0.1) is 11.6 Å². The van der Waals surface area contributed by atoms with Crippen LogP contribution in [-0.4, -0.2) is 62.4 Å². The second-order valence-corrected chi connectivity index (χ2v) is 7.68. The van der Waals surface area contributed by atoms with E-state index in [-0.39, 0.29) is 17.3 Å². The first-order chi connectivity index (χ1) is 11.4. The summed E-state index contributed by atoms with van der Waals surface area (Å²) < 4.78 is 58.2. The topological polar surface area (TPSA) is 66.9 Å². The molecule has 24 heavy (non-hydrogen) atoms. The third-order valence-electron chi connectivity index (χ3n) is 4.31. The van der Waals surface area contributed by atoms with E-state index in [1.165, 1.54) is 0 Å². The molecule has 2 saturated heterocycles. The zero-order valence-corrected chi connectivity index (χ0v) is 13.8. The summed E-state index contributed by atoms with van der Waals surface area (Å²) in [5.74, 6) is -2.61. The fourth-order valence-electron chi connectivity index (χ4n) is 3.04. The Bertz CT molecular complexity index is 735. The van der Waals surface area contributed by atoms with E-state index >= 15 is 0 Å². The van der Waals surface area contributed by atoms with E-state index in [2.05, 4.69) is 0 Å². The fraction of sp³-hybridized carbons (Fsp3) is 0.533. The quantitative estimate of drug-likeness (QED) is 0.806. The molecule has 0 N–H and O–H groups in total. The van der Waals surface area contributed by atoms with Gasteiger partial charge in [-0.15, -0.1) is 0 Å². The van der Waals surface area contributed by atoms with Crippen molar-refractivity contribution in [3.63, 3.8) is 0 Å². The minimum Gasteiger partial charge on any atom is -0.378 e. The molecule has 0 spiro atoms. The monoisotopic (exact) mass is 360 g/mol. The van der Waals surface area contributed by atoms with E-state index in [1.807, 2.05) is 0 Å². The summed E-state index contributed by atoms with van der Waals surface area (Å²) >= 11 is 0. The molecule has 1 amide bonds. The molecule has 0 saturated carbocycles. The highest BCUT2D eigenvalue weighted by atomic mass is 32.2. The van der Waals surface area contributed by atoms with Crippen LogP contribution in [0.1, 0.15) is 12.8 Å². The highest BCUT2D eigenvalue weighted by Crippen LogP contribution is 2.28. The maximum absolute atomic E-state index is 13.4. The molecule has 1 aromatic rings. The molecule has 3 rings (SSSR count). The summed E-state index contributed by atoms with van der Waals surface area (Å²) in [7, 11) is -4.06. The van der Waals surface area contributed by atoms with Crippen LogP contribution in [0.15, 0.2) is 23.1 Å². The average Bonchev–Trinajstić information content (AvgIpc) is 3.08. The summed E-state index contributed by atoms with van der Waals surface area (Å²) in [6.45, 7) is 1.88. The number of amides is 1. The number of rotatable bonds is 3. The molecule has 0 unspecified atom stereocenters. The Morgan fingerprint density at radius 1 is 1.12 bits per heavy atom. The predicted octanol–water partition coefficient (Wildman–Crippen LogP) is 0.977. The maximum atomic E-state index is 13.4. The van der Waals surface area contributed by atoms with Crippen LogP contribution in [0.2, 0.25) is 0 Å². The highest BCUT2D eigenvalue weighted by Gasteiger charge is 2.41. The van der Waals surface area contributed by atoms with Gasteiger partial charge in [-0.3, -0.25) is 4.79 Å². The number of benzene rings is 1. The van der Waals surface area contributed by atoms with E-state index in [1.54, 1.807) is 4.90 Å². The Morgan fingerprint density at radius 3 is 2.50 bits per heavy atom. The molecule has 0 aromatic heterocycles. The maximum Gasteiger partial charge on any atom is 0.243 e. The number of carbonyl (C=O) groups is 1. The Morgan fingerprint density at radius 2 is 1.83 bits per heavy atom.